The van der Waals surface area contributed by atoms with Gasteiger partial charge in [0.1, 0.15) is 4.90 Å². The fourth-order valence-electron chi connectivity index (χ4n) is 3.35. The van der Waals surface area contributed by atoms with Crippen LogP contribution in [0.25, 0.3) is 0 Å². The van der Waals surface area contributed by atoms with Crippen LogP contribution in [0, 0.1) is 23.7 Å². The second-order valence-corrected chi connectivity index (χ2v) is 11.2. The first-order valence-corrected chi connectivity index (χ1v) is 12.0. The van der Waals surface area contributed by atoms with Crippen LogP contribution in [0.4, 0.5) is 13.2 Å². The summed E-state index contributed by atoms with van der Waals surface area (Å²) in [6.45, 7) is 1.72. The van der Waals surface area contributed by atoms with Crippen molar-refractivity contribution in [2.75, 3.05) is 0 Å². The standard InChI is InChI=1S/C17H14ClF3N2O4S2/c1-11-2-4-12(5-3-11)29(26,27)23-9-15(28(18,24)25)13-6-7-16(10-22,8-14(13)23)17(19,20)21/h2-5,9H,6-8H2,1H3. The highest BCUT2D eigenvalue weighted by atomic mass is 35.7. The van der Waals surface area contributed by atoms with Gasteiger partial charge in [0.25, 0.3) is 19.1 Å². The third-order valence-electron chi connectivity index (χ3n) is 5.01. The van der Waals surface area contributed by atoms with Gasteiger partial charge in [-0.3, -0.25) is 0 Å². The van der Waals surface area contributed by atoms with Crippen LogP contribution in [0.1, 0.15) is 23.2 Å². The van der Waals surface area contributed by atoms with Crippen LogP contribution in [0.3, 0.4) is 0 Å². The Hall–Kier alpha value is -2.03. The van der Waals surface area contributed by atoms with Crippen LogP contribution in [-0.2, 0) is 31.9 Å². The smallest absolute Gasteiger partial charge is 0.244 e. The van der Waals surface area contributed by atoms with Crippen molar-refractivity contribution in [2.24, 2.45) is 5.41 Å². The van der Waals surface area contributed by atoms with E-state index >= 15 is 0 Å². The summed E-state index contributed by atoms with van der Waals surface area (Å²) in [5.74, 6) is 0. The molecular formula is C17H14ClF3N2O4S2. The van der Waals surface area contributed by atoms with Crippen molar-refractivity contribution >= 4 is 29.8 Å². The highest BCUT2D eigenvalue weighted by Gasteiger charge is 2.58. The van der Waals surface area contributed by atoms with Crippen molar-refractivity contribution < 1.29 is 30.0 Å². The van der Waals surface area contributed by atoms with E-state index in [4.69, 9.17) is 10.7 Å². The Morgan fingerprint density at radius 1 is 1.17 bits per heavy atom. The van der Waals surface area contributed by atoms with E-state index in [9.17, 15) is 35.3 Å². The van der Waals surface area contributed by atoms with Gasteiger partial charge in [-0.25, -0.2) is 20.8 Å². The van der Waals surface area contributed by atoms with E-state index < -0.39 is 60.5 Å². The highest BCUT2D eigenvalue weighted by molar-refractivity contribution is 8.13. The maximum Gasteiger partial charge on any atom is 0.407 e. The molecule has 0 bridgehead atoms. The number of benzene rings is 1. The fraction of sp³-hybridized carbons (Fsp3) is 0.353. The zero-order chi connectivity index (χ0) is 21.8. The van der Waals surface area contributed by atoms with Crippen molar-refractivity contribution in [3.63, 3.8) is 0 Å². The monoisotopic (exact) mass is 466 g/mol. The van der Waals surface area contributed by atoms with E-state index in [2.05, 4.69) is 0 Å². The fourth-order valence-corrected chi connectivity index (χ4v) is 5.98. The average molecular weight is 467 g/mol. The van der Waals surface area contributed by atoms with Gasteiger partial charge in [0.2, 0.25) is 0 Å². The van der Waals surface area contributed by atoms with Crippen LogP contribution in [-0.4, -0.2) is 27.0 Å². The summed E-state index contributed by atoms with van der Waals surface area (Å²) in [7, 11) is -3.46. The second-order valence-electron chi connectivity index (χ2n) is 6.84. The average Bonchev–Trinajstić information content (AvgIpc) is 3.00. The van der Waals surface area contributed by atoms with Gasteiger partial charge < -0.3 is 0 Å². The van der Waals surface area contributed by atoms with Crippen LogP contribution in [0.15, 0.2) is 40.3 Å². The number of nitrogens with zero attached hydrogens (tertiary/aromatic N) is 2. The molecule has 3 rings (SSSR count). The molecule has 1 aromatic heterocycles. The lowest BCUT2D eigenvalue weighted by Gasteiger charge is -2.33. The molecule has 0 amide bonds. The van der Waals surface area contributed by atoms with Crippen LogP contribution in [0.5, 0.6) is 0 Å². The molecule has 0 saturated carbocycles. The summed E-state index contributed by atoms with van der Waals surface area (Å²) in [6.07, 6.45) is -6.37. The van der Waals surface area contributed by atoms with E-state index in [1.165, 1.54) is 30.3 Å². The summed E-state index contributed by atoms with van der Waals surface area (Å²) in [4.78, 5) is -0.807. The van der Waals surface area contributed by atoms with E-state index in [-0.39, 0.29) is 10.5 Å². The van der Waals surface area contributed by atoms with Crippen molar-refractivity contribution in [1.29, 1.82) is 5.26 Å². The van der Waals surface area contributed by atoms with E-state index in [0.29, 0.717) is 10.2 Å². The summed E-state index contributed by atoms with van der Waals surface area (Å²) in [5, 5.41) is 9.24. The first-order valence-electron chi connectivity index (χ1n) is 8.21. The molecule has 0 N–H and O–H groups in total. The Kier molecular flexibility index (Phi) is 5.05. The molecule has 6 nitrogen and oxygen atoms in total. The maximum absolute atomic E-state index is 13.6. The second kappa shape index (κ2) is 6.75. The first-order chi connectivity index (χ1) is 13.2. The molecule has 1 aliphatic carbocycles. The minimum absolute atomic E-state index is 0.120. The molecule has 0 aliphatic heterocycles. The summed E-state index contributed by atoms with van der Waals surface area (Å²) in [6, 6.07) is 6.77. The Labute approximate surface area is 170 Å². The minimum atomic E-state index is -4.93. The number of aromatic nitrogens is 1. The number of rotatable bonds is 3. The number of fused-ring (bicyclic) bond motifs is 1. The Bertz CT molecular complexity index is 1230. The minimum Gasteiger partial charge on any atom is -0.244 e. The zero-order valence-corrected chi connectivity index (χ0v) is 17.3. The largest absolute Gasteiger partial charge is 0.407 e. The normalized spacial score (nSPS) is 20.1. The molecular weight excluding hydrogens is 453 g/mol. The molecule has 0 radical (unpaired) electrons. The van der Waals surface area contributed by atoms with Crippen molar-refractivity contribution in [3.05, 3.63) is 47.3 Å². The lowest BCUT2D eigenvalue weighted by molar-refractivity contribution is -0.206. The number of hydrogen-bond donors (Lipinski definition) is 0. The SMILES string of the molecule is Cc1ccc(S(=O)(=O)n2cc(S(=O)(=O)Cl)c3c2CC(C#N)(C(F)(F)F)CC3)cc1. The molecule has 0 saturated heterocycles. The lowest BCUT2D eigenvalue weighted by atomic mass is 9.74. The molecule has 0 fully saturated rings. The summed E-state index contributed by atoms with van der Waals surface area (Å²) < 4.78 is 91.3. The van der Waals surface area contributed by atoms with Gasteiger partial charge >= 0.3 is 6.18 Å². The van der Waals surface area contributed by atoms with Gasteiger partial charge in [-0.15, -0.1) is 0 Å². The van der Waals surface area contributed by atoms with E-state index in [0.717, 1.165) is 5.56 Å². The summed E-state index contributed by atoms with van der Waals surface area (Å²) in [5.41, 5.74) is -2.60. The predicted octanol–water partition coefficient (Wildman–Crippen LogP) is 3.52. The molecule has 1 unspecified atom stereocenters. The van der Waals surface area contributed by atoms with Crippen molar-refractivity contribution in [1.82, 2.24) is 3.97 Å². The first kappa shape index (κ1) is 21.7. The molecule has 12 heteroatoms. The van der Waals surface area contributed by atoms with E-state index in [1.807, 2.05) is 0 Å². The van der Waals surface area contributed by atoms with E-state index in [1.54, 1.807) is 6.92 Å². The third kappa shape index (κ3) is 3.53. The zero-order valence-electron chi connectivity index (χ0n) is 14.9. The van der Waals surface area contributed by atoms with Gasteiger partial charge in [-0.1, -0.05) is 17.7 Å². The highest BCUT2D eigenvalue weighted by Crippen LogP contribution is 2.49. The predicted molar refractivity (Wildman–Crippen MR) is 97.4 cm³/mol. The van der Waals surface area contributed by atoms with Crippen LogP contribution in [0.2, 0.25) is 0 Å². The van der Waals surface area contributed by atoms with Gasteiger partial charge in [0.15, 0.2) is 5.41 Å². The Morgan fingerprint density at radius 3 is 2.24 bits per heavy atom. The topological polar surface area (TPSA) is 97.0 Å². The molecule has 1 heterocycles. The number of aryl methyl sites for hydroxylation is 1. The van der Waals surface area contributed by atoms with Crippen LogP contribution < -0.4 is 0 Å². The van der Waals surface area contributed by atoms with Gasteiger partial charge in [-0.05, 0) is 37.5 Å². The van der Waals surface area contributed by atoms with Gasteiger partial charge in [-0.2, -0.15) is 18.4 Å². The maximum atomic E-state index is 13.6. The molecule has 29 heavy (non-hydrogen) atoms. The van der Waals surface area contributed by atoms with Crippen molar-refractivity contribution in [2.45, 2.75) is 42.2 Å². The molecule has 0 spiro atoms. The van der Waals surface area contributed by atoms with Gasteiger partial charge in [0, 0.05) is 29.0 Å². The molecule has 156 valence electrons. The molecule has 1 atom stereocenters. The lowest BCUT2D eigenvalue weighted by Crippen LogP contribution is -2.42. The number of halogens is 4. The van der Waals surface area contributed by atoms with Gasteiger partial charge in [0.05, 0.1) is 11.0 Å². The number of hydrogen-bond acceptors (Lipinski definition) is 5. The molecule has 2 aromatic rings. The Morgan fingerprint density at radius 2 is 1.76 bits per heavy atom. The number of alkyl halides is 3. The Balaban J connectivity index is 2.29. The molecule has 1 aromatic carbocycles. The quantitative estimate of drug-likeness (QED) is 0.645. The van der Waals surface area contributed by atoms with Crippen LogP contribution >= 0.6 is 10.7 Å². The third-order valence-corrected chi connectivity index (χ3v) is 8.10. The van der Waals surface area contributed by atoms with Crippen molar-refractivity contribution in [3.8, 4) is 6.07 Å². The number of nitriles is 1. The summed E-state index contributed by atoms with van der Waals surface area (Å²) >= 11 is 0. The molecule has 1 aliphatic rings.